The van der Waals surface area contributed by atoms with Crippen LogP contribution in [-0.2, 0) is 9.59 Å². The van der Waals surface area contributed by atoms with Gasteiger partial charge < -0.3 is 5.11 Å². The highest BCUT2D eigenvalue weighted by Gasteiger charge is 2.32. The normalized spacial score (nSPS) is 11.3. The number of carbonyl (C=O) groups is 4. The Hall–Kier alpha value is -3.48. The number of carboxylic acid groups (broad SMARTS) is 1. The molecular weight excluding hydrogens is 372 g/mol. The van der Waals surface area contributed by atoms with Gasteiger partial charge in [-0.3, -0.25) is 24.6 Å². The Morgan fingerprint density at radius 3 is 1.76 bits per heavy atom. The molecule has 29 heavy (non-hydrogen) atoms. The fourth-order valence-corrected chi connectivity index (χ4v) is 2.77. The third kappa shape index (κ3) is 6.00. The molecule has 2 rings (SSSR count). The van der Waals surface area contributed by atoms with Gasteiger partial charge in [0, 0.05) is 11.1 Å². The van der Waals surface area contributed by atoms with Gasteiger partial charge in [-0.25, -0.2) is 0 Å². The van der Waals surface area contributed by atoms with E-state index in [0.29, 0.717) is 11.4 Å². The molecule has 0 radical (unpaired) electrons. The summed E-state index contributed by atoms with van der Waals surface area (Å²) in [5.74, 6) is -5.03. The smallest absolute Gasteiger partial charge is 0.316 e. The van der Waals surface area contributed by atoms with E-state index in [-0.39, 0.29) is 17.5 Å². The summed E-state index contributed by atoms with van der Waals surface area (Å²) in [6.45, 7) is 1.97. The number of hydrazine groups is 1. The van der Waals surface area contributed by atoms with Gasteiger partial charge >= 0.3 is 5.97 Å². The molecular formula is C22H24N2O5. The fourth-order valence-electron chi connectivity index (χ4n) is 2.77. The number of nitrogens with zero attached hydrogens (tertiary/aromatic N) is 1. The summed E-state index contributed by atoms with van der Waals surface area (Å²) in [6, 6.07) is 16.0. The van der Waals surface area contributed by atoms with E-state index in [0.717, 1.165) is 12.8 Å². The van der Waals surface area contributed by atoms with Crippen LogP contribution in [0.15, 0.2) is 60.7 Å². The molecule has 2 N–H and O–H groups in total. The lowest BCUT2D eigenvalue weighted by Crippen LogP contribution is -2.52. The molecule has 0 saturated heterocycles. The first-order valence-electron chi connectivity index (χ1n) is 9.47. The lowest BCUT2D eigenvalue weighted by Gasteiger charge is -2.23. The van der Waals surface area contributed by atoms with Crippen molar-refractivity contribution >= 4 is 23.7 Å². The molecule has 1 unspecified atom stereocenters. The van der Waals surface area contributed by atoms with Gasteiger partial charge in [0.25, 0.3) is 17.7 Å². The van der Waals surface area contributed by atoms with Crippen LogP contribution in [0.1, 0.15) is 53.3 Å². The summed E-state index contributed by atoms with van der Waals surface area (Å²) >= 11 is 0. The number of carboxylic acids is 1. The third-order valence-electron chi connectivity index (χ3n) is 4.38. The maximum absolute atomic E-state index is 12.9. The van der Waals surface area contributed by atoms with Crippen molar-refractivity contribution < 1.29 is 24.3 Å². The number of aliphatic carboxylic acids is 1. The quantitative estimate of drug-likeness (QED) is 0.308. The van der Waals surface area contributed by atoms with Gasteiger partial charge in [0.15, 0.2) is 0 Å². The number of hydrogen-bond donors (Lipinski definition) is 2. The van der Waals surface area contributed by atoms with Gasteiger partial charge in [0.1, 0.15) is 5.92 Å². The fraction of sp³-hybridized carbons (Fsp3) is 0.273. The van der Waals surface area contributed by atoms with Crippen LogP contribution in [0.4, 0.5) is 0 Å². The molecule has 152 valence electrons. The van der Waals surface area contributed by atoms with Crippen molar-refractivity contribution in [3.8, 4) is 0 Å². The van der Waals surface area contributed by atoms with Crippen LogP contribution in [-0.4, -0.2) is 33.8 Å². The largest absolute Gasteiger partial charge is 0.481 e. The Kier molecular flexibility index (Phi) is 8.09. The highest BCUT2D eigenvalue weighted by atomic mass is 16.4. The number of unbranched alkanes of at least 4 members (excludes halogenated alkanes) is 2. The number of nitrogens with one attached hydrogen (secondary N) is 1. The molecule has 1 atom stereocenters. The molecule has 2 aromatic carbocycles. The topological polar surface area (TPSA) is 104 Å². The van der Waals surface area contributed by atoms with E-state index in [1.807, 2.05) is 6.92 Å². The van der Waals surface area contributed by atoms with Crippen molar-refractivity contribution in [2.24, 2.45) is 5.92 Å². The Morgan fingerprint density at radius 1 is 0.862 bits per heavy atom. The predicted molar refractivity (Wildman–Crippen MR) is 107 cm³/mol. The molecule has 3 amide bonds. The van der Waals surface area contributed by atoms with E-state index in [1.54, 1.807) is 36.4 Å². The van der Waals surface area contributed by atoms with Crippen LogP contribution < -0.4 is 5.43 Å². The molecule has 2 aromatic rings. The minimum Gasteiger partial charge on any atom is -0.481 e. The van der Waals surface area contributed by atoms with Crippen molar-refractivity contribution in [3.63, 3.8) is 0 Å². The standard InChI is InChI=1S/C22H24N2O5/c1-2-3-6-15-18(22(28)29)19(25)23-24(20(26)16-11-7-4-8-12-16)21(27)17-13-9-5-10-14-17/h4-5,7-14,18H,2-3,6,15H2,1H3,(H,23,25)(H,28,29). The summed E-state index contributed by atoms with van der Waals surface area (Å²) in [7, 11) is 0. The first-order chi connectivity index (χ1) is 14.0. The van der Waals surface area contributed by atoms with E-state index >= 15 is 0 Å². The Labute approximate surface area is 169 Å². The lowest BCUT2D eigenvalue weighted by atomic mass is 10.0. The highest BCUT2D eigenvalue weighted by Crippen LogP contribution is 2.13. The van der Waals surface area contributed by atoms with E-state index in [9.17, 15) is 24.3 Å². The SMILES string of the molecule is CCCCCC(C(=O)O)C(=O)NN(C(=O)c1ccccc1)C(=O)c1ccccc1. The van der Waals surface area contributed by atoms with E-state index in [2.05, 4.69) is 5.43 Å². The van der Waals surface area contributed by atoms with Crippen LogP contribution in [0.5, 0.6) is 0 Å². The van der Waals surface area contributed by atoms with E-state index in [4.69, 9.17) is 0 Å². The lowest BCUT2D eigenvalue weighted by molar-refractivity contribution is -0.148. The highest BCUT2D eigenvalue weighted by molar-refractivity contribution is 6.11. The molecule has 7 heteroatoms. The summed E-state index contributed by atoms with van der Waals surface area (Å²) < 4.78 is 0. The Bertz CT molecular complexity index is 801. The second kappa shape index (κ2) is 10.8. The zero-order valence-corrected chi connectivity index (χ0v) is 16.2. The molecule has 0 aromatic heterocycles. The van der Waals surface area contributed by atoms with Crippen molar-refractivity contribution in [3.05, 3.63) is 71.8 Å². The van der Waals surface area contributed by atoms with Crippen molar-refractivity contribution in [2.75, 3.05) is 0 Å². The molecule has 0 fully saturated rings. The van der Waals surface area contributed by atoms with Crippen LogP contribution in [0.3, 0.4) is 0 Å². The number of carbonyl (C=O) groups excluding carboxylic acids is 3. The minimum absolute atomic E-state index is 0.127. The van der Waals surface area contributed by atoms with Gasteiger partial charge in [-0.05, 0) is 30.7 Å². The molecule has 0 spiro atoms. The molecule has 7 nitrogen and oxygen atoms in total. The first-order valence-corrected chi connectivity index (χ1v) is 9.47. The van der Waals surface area contributed by atoms with E-state index < -0.39 is 29.6 Å². The molecule has 0 heterocycles. The maximum Gasteiger partial charge on any atom is 0.316 e. The number of rotatable bonds is 8. The van der Waals surface area contributed by atoms with Crippen molar-refractivity contribution in [1.29, 1.82) is 0 Å². The second-order valence-electron chi connectivity index (χ2n) is 6.54. The average Bonchev–Trinajstić information content (AvgIpc) is 2.75. The van der Waals surface area contributed by atoms with Crippen LogP contribution >= 0.6 is 0 Å². The molecule has 0 aliphatic rings. The van der Waals surface area contributed by atoms with Gasteiger partial charge in [-0.2, -0.15) is 5.01 Å². The second-order valence-corrected chi connectivity index (χ2v) is 6.54. The zero-order valence-electron chi connectivity index (χ0n) is 16.2. The first kappa shape index (κ1) is 21.8. The van der Waals surface area contributed by atoms with Crippen LogP contribution in [0.2, 0.25) is 0 Å². The molecule has 0 bridgehead atoms. The Morgan fingerprint density at radius 2 is 1.34 bits per heavy atom. The maximum atomic E-state index is 12.9. The average molecular weight is 396 g/mol. The molecule has 0 aliphatic carbocycles. The number of hydrogen-bond acceptors (Lipinski definition) is 4. The monoisotopic (exact) mass is 396 g/mol. The summed E-state index contributed by atoms with van der Waals surface area (Å²) in [4.78, 5) is 50.0. The summed E-state index contributed by atoms with van der Waals surface area (Å²) in [5.41, 5.74) is 2.62. The Balaban J connectivity index is 2.29. The summed E-state index contributed by atoms with van der Waals surface area (Å²) in [5, 5.41) is 10.0. The van der Waals surface area contributed by atoms with Crippen molar-refractivity contribution in [1.82, 2.24) is 10.4 Å². The summed E-state index contributed by atoms with van der Waals surface area (Å²) in [6.07, 6.45) is 2.34. The predicted octanol–water partition coefficient (Wildman–Crippen LogP) is 3.28. The number of imide groups is 1. The third-order valence-corrected chi connectivity index (χ3v) is 4.38. The molecule has 0 aliphatic heterocycles. The van der Waals surface area contributed by atoms with E-state index in [1.165, 1.54) is 24.3 Å². The number of amides is 3. The number of benzene rings is 2. The van der Waals surface area contributed by atoms with Crippen molar-refractivity contribution in [2.45, 2.75) is 32.6 Å². The zero-order chi connectivity index (χ0) is 21.2. The van der Waals surface area contributed by atoms with Crippen LogP contribution in [0, 0.1) is 5.92 Å². The minimum atomic E-state index is -1.35. The van der Waals surface area contributed by atoms with Gasteiger partial charge in [-0.1, -0.05) is 62.6 Å². The molecule has 0 saturated carbocycles. The van der Waals surface area contributed by atoms with Gasteiger partial charge in [0.05, 0.1) is 0 Å². The van der Waals surface area contributed by atoms with Gasteiger partial charge in [-0.15, -0.1) is 0 Å². The van der Waals surface area contributed by atoms with Crippen LogP contribution in [0.25, 0.3) is 0 Å². The van der Waals surface area contributed by atoms with Gasteiger partial charge in [0.2, 0.25) is 0 Å².